The molecule has 4 rings (SSSR count). The van der Waals surface area contributed by atoms with Gasteiger partial charge in [-0.3, -0.25) is 4.79 Å². The van der Waals surface area contributed by atoms with Crippen LogP contribution in [0.15, 0.2) is 103 Å². The van der Waals surface area contributed by atoms with E-state index in [0.29, 0.717) is 19.5 Å². The Morgan fingerprint density at radius 2 is 1.14 bits per heavy atom. The summed E-state index contributed by atoms with van der Waals surface area (Å²) in [7, 11) is 0. The molecule has 0 saturated carbocycles. The second kappa shape index (κ2) is 9.20. The van der Waals surface area contributed by atoms with Gasteiger partial charge in [0, 0.05) is 19.5 Å². The topological polar surface area (TPSA) is 20.3 Å². The standard InChI is InChI=1S/C27H25NO/c29-27(18-16-22-15-17-25-13-7-8-14-26(25)19-22)28(20-23-9-3-1-4-10-23)21-24-11-5-2-6-12-24/h1-15,17,19H,16,18,20-21H2. The predicted octanol–water partition coefficient (Wildman–Crippen LogP) is 6.00. The van der Waals surface area contributed by atoms with E-state index < -0.39 is 0 Å². The lowest BCUT2D eigenvalue weighted by atomic mass is 10.0. The maximum Gasteiger partial charge on any atom is 0.223 e. The van der Waals surface area contributed by atoms with Gasteiger partial charge in [0.15, 0.2) is 0 Å². The highest BCUT2D eigenvalue weighted by Gasteiger charge is 2.15. The van der Waals surface area contributed by atoms with Crippen LogP contribution in [0.3, 0.4) is 0 Å². The van der Waals surface area contributed by atoms with Crippen molar-refractivity contribution in [2.75, 3.05) is 0 Å². The van der Waals surface area contributed by atoms with Crippen LogP contribution in [0, 0.1) is 0 Å². The Kier molecular flexibility index (Phi) is 6.01. The smallest absolute Gasteiger partial charge is 0.223 e. The van der Waals surface area contributed by atoms with E-state index in [0.717, 1.165) is 17.5 Å². The molecule has 0 aliphatic carbocycles. The monoisotopic (exact) mass is 379 g/mol. The summed E-state index contributed by atoms with van der Waals surface area (Å²) in [5, 5.41) is 2.46. The first-order chi connectivity index (χ1) is 14.3. The molecule has 0 fully saturated rings. The second-order valence-electron chi connectivity index (χ2n) is 7.40. The summed E-state index contributed by atoms with van der Waals surface area (Å²) < 4.78 is 0. The number of hydrogen-bond donors (Lipinski definition) is 0. The number of carbonyl (C=O) groups excluding carboxylic acids is 1. The number of hydrogen-bond acceptors (Lipinski definition) is 1. The number of benzene rings is 4. The molecule has 0 atom stereocenters. The highest BCUT2D eigenvalue weighted by atomic mass is 16.2. The normalized spacial score (nSPS) is 10.8. The van der Waals surface area contributed by atoms with Gasteiger partial charge >= 0.3 is 0 Å². The summed E-state index contributed by atoms with van der Waals surface area (Å²) >= 11 is 0. The Morgan fingerprint density at radius 3 is 1.76 bits per heavy atom. The summed E-state index contributed by atoms with van der Waals surface area (Å²) in [4.78, 5) is 15.1. The third-order valence-corrected chi connectivity index (χ3v) is 5.23. The third-order valence-electron chi connectivity index (χ3n) is 5.23. The molecule has 4 aromatic carbocycles. The molecule has 0 spiro atoms. The fourth-order valence-corrected chi connectivity index (χ4v) is 3.64. The number of carbonyl (C=O) groups is 1. The summed E-state index contributed by atoms with van der Waals surface area (Å²) in [6.45, 7) is 1.26. The Hall–Kier alpha value is -3.39. The molecule has 1 amide bonds. The fraction of sp³-hybridized carbons (Fsp3) is 0.148. The van der Waals surface area contributed by atoms with Gasteiger partial charge in [-0.15, -0.1) is 0 Å². The third kappa shape index (κ3) is 5.11. The number of amides is 1. The molecular weight excluding hydrogens is 354 g/mol. The molecule has 0 unspecified atom stereocenters. The summed E-state index contributed by atoms with van der Waals surface area (Å²) in [6, 6.07) is 35.2. The Bertz CT molecular complexity index is 1030. The SMILES string of the molecule is O=C(CCc1ccc2ccccc2c1)N(Cc1ccccc1)Cc1ccccc1. The maximum absolute atomic E-state index is 13.1. The molecular formula is C27H25NO. The van der Waals surface area contributed by atoms with Gasteiger partial charge in [-0.25, -0.2) is 0 Å². The molecule has 0 aliphatic rings. The van der Waals surface area contributed by atoms with Gasteiger partial charge < -0.3 is 4.90 Å². The van der Waals surface area contributed by atoms with Crippen LogP contribution < -0.4 is 0 Å². The molecule has 4 aromatic rings. The molecule has 29 heavy (non-hydrogen) atoms. The highest BCUT2D eigenvalue weighted by molar-refractivity contribution is 5.83. The van der Waals surface area contributed by atoms with Crippen molar-refractivity contribution in [3.05, 3.63) is 120 Å². The van der Waals surface area contributed by atoms with Crippen molar-refractivity contribution in [1.29, 1.82) is 0 Å². The van der Waals surface area contributed by atoms with Crippen LogP contribution in [0.2, 0.25) is 0 Å². The highest BCUT2D eigenvalue weighted by Crippen LogP contribution is 2.18. The van der Waals surface area contributed by atoms with Crippen LogP contribution in [0.1, 0.15) is 23.1 Å². The predicted molar refractivity (Wildman–Crippen MR) is 119 cm³/mol. The van der Waals surface area contributed by atoms with E-state index in [1.807, 2.05) is 41.3 Å². The number of fused-ring (bicyclic) bond motifs is 1. The van der Waals surface area contributed by atoms with Crippen molar-refractivity contribution in [2.24, 2.45) is 0 Å². The van der Waals surface area contributed by atoms with Crippen LogP contribution >= 0.6 is 0 Å². The first kappa shape index (κ1) is 18.9. The molecule has 0 bridgehead atoms. The zero-order valence-corrected chi connectivity index (χ0v) is 16.5. The average Bonchev–Trinajstić information content (AvgIpc) is 2.78. The lowest BCUT2D eigenvalue weighted by Crippen LogP contribution is -2.30. The number of rotatable bonds is 7. The molecule has 0 radical (unpaired) electrons. The molecule has 0 saturated heterocycles. The van der Waals surface area contributed by atoms with Gasteiger partial charge in [0.05, 0.1) is 0 Å². The van der Waals surface area contributed by atoms with E-state index in [4.69, 9.17) is 0 Å². The lowest BCUT2D eigenvalue weighted by molar-refractivity contribution is -0.132. The van der Waals surface area contributed by atoms with Gasteiger partial charge in [-0.1, -0.05) is 103 Å². The van der Waals surface area contributed by atoms with Crippen LogP contribution in [-0.4, -0.2) is 10.8 Å². The van der Waals surface area contributed by atoms with Crippen molar-refractivity contribution >= 4 is 16.7 Å². The Balaban J connectivity index is 1.47. The maximum atomic E-state index is 13.1. The summed E-state index contributed by atoms with van der Waals surface area (Å²) in [6.07, 6.45) is 1.27. The molecule has 0 aliphatic heterocycles. The van der Waals surface area contributed by atoms with Crippen molar-refractivity contribution in [3.63, 3.8) is 0 Å². The minimum absolute atomic E-state index is 0.186. The average molecular weight is 380 g/mol. The van der Waals surface area contributed by atoms with Crippen molar-refractivity contribution in [3.8, 4) is 0 Å². The van der Waals surface area contributed by atoms with E-state index in [2.05, 4.69) is 66.7 Å². The molecule has 0 N–H and O–H groups in total. The van der Waals surface area contributed by atoms with Gasteiger partial charge in [0.2, 0.25) is 5.91 Å². The quantitative estimate of drug-likeness (QED) is 0.385. The Labute approximate surface area is 172 Å². The lowest BCUT2D eigenvalue weighted by Gasteiger charge is -2.23. The first-order valence-corrected chi connectivity index (χ1v) is 10.1. The molecule has 2 heteroatoms. The van der Waals surface area contributed by atoms with Gasteiger partial charge in [0.25, 0.3) is 0 Å². The fourth-order valence-electron chi connectivity index (χ4n) is 3.64. The van der Waals surface area contributed by atoms with E-state index in [1.54, 1.807) is 0 Å². The van der Waals surface area contributed by atoms with Crippen LogP contribution in [0.25, 0.3) is 10.8 Å². The van der Waals surface area contributed by atoms with E-state index in [9.17, 15) is 4.79 Å². The van der Waals surface area contributed by atoms with E-state index >= 15 is 0 Å². The van der Waals surface area contributed by atoms with E-state index in [1.165, 1.54) is 16.3 Å². The van der Waals surface area contributed by atoms with Crippen LogP contribution in [0.5, 0.6) is 0 Å². The van der Waals surface area contributed by atoms with Crippen LogP contribution in [-0.2, 0) is 24.3 Å². The first-order valence-electron chi connectivity index (χ1n) is 10.1. The summed E-state index contributed by atoms with van der Waals surface area (Å²) in [5.74, 6) is 0.186. The minimum atomic E-state index is 0.186. The van der Waals surface area contributed by atoms with Gasteiger partial charge in [-0.05, 0) is 33.9 Å². The Morgan fingerprint density at radius 1 is 0.586 bits per heavy atom. The van der Waals surface area contributed by atoms with Gasteiger partial charge in [0.1, 0.15) is 0 Å². The van der Waals surface area contributed by atoms with Crippen molar-refractivity contribution < 1.29 is 4.79 Å². The zero-order chi connectivity index (χ0) is 19.9. The number of nitrogens with zero attached hydrogens (tertiary/aromatic N) is 1. The molecule has 0 heterocycles. The molecule has 2 nitrogen and oxygen atoms in total. The van der Waals surface area contributed by atoms with Crippen molar-refractivity contribution in [1.82, 2.24) is 4.90 Å². The minimum Gasteiger partial charge on any atom is -0.334 e. The molecule has 0 aromatic heterocycles. The van der Waals surface area contributed by atoms with E-state index in [-0.39, 0.29) is 5.91 Å². The summed E-state index contributed by atoms with van der Waals surface area (Å²) in [5.41, 5.74) is 3.52. The number of aryl methyl sites for hydroxylation is 1. The van der Waals surface area contributed by atoms with Crippen molar-refractivity contribution in [2.45, 2.75) is 25.9 Å². The molecule has 144 valence electrons. The van der Waals surface area contributed by atoms with Gasteiger partial charge in [-0.2, -0.15) is 0 Å². The largest absolute Gasteiger partial charge is 0.334 e. The zero-order valence-electron chi connectivity index (χ0n) is 16.5. The second-order valence-corrected chi connectivity index (χ2v) is 7.40. The van der Waals surface area contributed by atoms with Crippen LogP contribution in [0.4, 0.5) is 0 Å².